The van der Waals surface area contributed by atoms with Gasteiger partial charge < -0.3 is 9.32 Å². The Bertz CT molecular complexity index is 831. The van der Waals surface area contributed by atoms with Crippen molar-refractivity contribution in [1.82, 2.24) is 0 Å². The van der Waals surface area contributed by atoms with Crippen LogP contribution < -0.4 is 10.5 Å². The van der Waals surface area contributed by atoms with E-state index < -0.39 is 0 Å². The summed E-state index contributed by atoms with van der Waals surface area (Å²) >= 11 is 0. The van der Waals surface area contributed by atoms with Gasteiger partial charge in [0.1, 0.15) is 5.58 Å². The van der Waals surface area contributed by atoms with Gasteiger partial charge in [-0.3, -0.25) is 0 Å². The van der Waals surface area contributed by atoms with Crippen LogP contribution in [-0.2, 0) is 0 Å². The van der Waals surface area contributed by atoms with Crippen LogP contribution in [0.3, 0.4) is 0 Å². The van der Waals surface area contributed by atoms with Crippen molar-refractivity contribution in [3.8, 4) is 0 Å². The van der Waals surface area contributed by atoms with Crippen LogP contribution in [0.2, 0.25) is 0 Å². The molecule has 1 aromatic heterocycles. The summed E-state index contributed by atoms with van der Waals surface area (Å²) in [5.41, 5.74) is 2.43. The highest BCUT2D eigenvalue weighted by atomic mass is 16.4. The molecule has 3 heteroatoms. The van der Waals surface area contributed by atoms with Crippen molar-refractivity contribution in [3.63, 3.8) is 0 Å². The third kappa shape index (κ3) is 1.87. The number of nitrogens with zero attached hydrogens (tertiary/aromatic N) is 1. The standard InChI is InChI=1S/C16H15NO2/c1-10-4-6-12-13-7-5-11(17(2)3)9-15(13)19-16(18)14(12)8-10/h4-9H,1-3H3. The van der Waals surface area contributed by atoms with Crippen molar-refractivity contribution in [2.75, 3.05) is 19.0 Å². The third-order valence-electron chi connectivity index (χ3n) is 3.37. The van der Waals surface area contributed by atoms with E-state index in [-0.39, 0.29) is 5.63 Å². The minimum Gasteiger partial charge on any atom is -0.422 e. The number of benzene rings is 2. The molecule has 0 radical (unpaired) electrons. The SMILES string of the molecule is Cc1ccc2c(c1)c(=O)oc1cc(N(C)C)ccc12. The van der Waals surface area contributed by atoms with Gasteiger partial charge in [0, 0.05) is 31.2 Å². The van der Waals surface area contributed by atoms with Crippen LogP contribution in [0.25, 0.3) is 21.7 Å². The molecule has 0 unspecified atom stereocenters. The molecule has 2 aromatic carbocycles. The molecule has 0 spiro atoms. The van der Waals surface area contributed by atoms with Gasteiger partial charge in [-0.05, 0) is 30.5 Å². The summed E-state index contributed by atoms with van der Waals surface area (Å²) in [6, 6.07) is 11.8. The average Bonchev–Trinajstić information content (AvgIpc) is 2.38. The number of rotatable bonds is 1. The van der Waals surface area contributed by atoms with Gasteiger partial charge in [0.15, 0.2) is 0 Å². The van der Waals surface area contributed by atoms with E-state index in [9.17, 15) is 4.79 Å². The van der Waals surface area contributed by atoms with Crippen molar-refractivity contribution < 1.29 is 4.42 Å². The maximum atomic E-state index is 12.0. The largest absolute Gasteiger partial charge is 0.422 e. The first-order valence-corrected chi connectivity index (χ1v) is 6.21. The maximum Gasteiger partial charge on any atom is 0.344 e. The molecule has 0 aliphatic heterocycles. The first-order chi connectivity index (χ1) is 9.06. The van der Waals surface area contributed by atoms with E-state index in [1.165, 1.54) is 0 Å². The molecule has 3 aromatic rings. The summed E-state index contributed by atoms with van der Waals surface area (Å²) in [7, 11) is 3.92. The maximum absolute atomic E-state index is 12.0. The Morgan fingerprint density at radius 1 is 0.947 bits per heavy atom. The Morgan fingerprint density at radius 2 is 1.68 bits per heavy atom. The Balaban J connectivity index is 2.45. The predicted molar refractivity (Wildman–Crippen MR) is 79.1 cm³/mol. The van der Waals surface area contributed by atoms with E-state index in [1.807, 2.05) is 62.3 Å². The van der Waals surface area contributed by atoms with Crippen molar-refractivity contribution in [2.24, 2.45) is 0 Å². The van der Waals surface area contributed by atoms with Gasteiger partial charge in [0.25, 0.3) is 0 Å². The highest BCUT2D eigenvalue weighted by Crippen LogP contribution is 2.26. The van der Waals surface area contributed by atoms with Crippen LogP contribution in [0.5, 0.6) is 0 Å². The lowest BCUT2D eigenvalue weighted by Gasteiger charge is -2.13. The molecule has 0 bridgehead atoms. The zero-order valence-electron chi connectivity index (χ0n) is 11.2. The molecule has 0 saturated carbocycles. The lowest BCUT2D eigenvalue weighted by Crippen LogP contribution is -2.08. The van der Waals surface area contributed by atoms with E-state index in [1.54, 1.807) is 0 Å². The number of hydrogen-bond acceptors (Lipinski definition) is 3. The smallest absolute Gasteiger partial charge is 0.344 e. The van der Waals surface area contributed by atoms with Gasteiger partial charge in [-0.2, -0.15) is 0 Å². The van der Waals surface area contributed by atoms with Crippen LogP contribution in [0.1, 0.15) is 5.56 Å². The van der Waals surface area contributed by atoms with Crippen molar-refractivity contribution in [3.05, 3.63) is 52.4 Å². The summed E-state index contributed by atoms with van der Waals surface area (Å²) in [4.78, 5) is 14.0. The molecule has 0 N–H and O–H groups in total. The van der Waals surface area contributed by atoms with E-state index in [4.69, 9.17) is 4.42 Å². The molecule has 96 valence electrons. The monoisotopic (exact) mass is 253 g/mol. The van der Waals surface area contributed by atoms with Gasteiger partial charge in [0.2, 0.25) is 0 Å². The summed E-state index contributed by atoms with van der Waals surface area (Å²) in [6.07, 6.45) is 0. The fourth-order valence-electron chi connectivity index (χ4n) is 2.31. The zero-order chi connectivity index (χ0) is 13.6. The molecule has 0 saturated heterocycles. The predicted octanol–water partition coefficient (Wildman–Crippen LogP) is 3.32. The Kier molecular flexibility index (Phi) is 2.56. The first-order valence-electron chi connectivity index (χ1n) is 6.21. The van der Waals surface area contributed by atoms with Crippen LogP contribution >= 0.6 is 0 Å². The van der Waals surface area contributed by atoms with E-state index in [0.29, 0.717) is 11.0 Å². The highest BCUT2D eigenvalue weighted by Gasteiger charge is 2.08. The molecule has 3 rings (SSSR count). The lowest BCUT2D eigenvalue weighted by atomic mass is 10.1. The van der Waals surface area contributed by atoms with Crippen molar-refractivity contribution in [2.45, 2.75) is 6.92 Å². The Morgan fingerprint density at radius 3 is 2.42 bits per heavy atom. The molecule has 0 atom stereocenters. The number of fused-ring (bicyclic) bond motifs is 3. The summed E-state index contributed by atoms with van der Waals surface area (Å²) in [6.45, 7) is 1.97. The van der Waals surface area contributed by atoms with Gasteiger partial charge in [-0.15, -0.1) is 0 Å². The van der Waals surface area contributed by atoms with Crippen LogP contribution in [0.15, 0.2) is 45.6 Å². The van der Waals surface area contributed by atoms with Gasteiger partial charge in [-0.1, -0.05) is 17.7 Å². The number of aryl methyl sites for hydroxylation is 1. The van der Waals surface area contributed by atoms with E-state index in [2.05, 4.69) is 0 Å². The molecule has 0 aliphatic carbocycles. The zero-order valence-corrected chi connectivity index (χ0v) is 11.2. The van der Waals surface area contributed by atoms with Crippen molar-refractivity contribution in [1.29, 1.82) is 0 Å². The Hall–Kier alpha value is -2.29. The second kappa shape index (κ2) is 4.12. The first kappa shape index (κ1) is 11.8. The normalized spacial score (nSPS) is 11.1. The third-order valence-corrected chi connectivity index (χ3v) is 3.37. The van der Waals surface area contributed by atoms with Crippen LogP contribution in [0, 0.1) is 6.92 Å². The van der Waals surface area contributed by atoms with E-state index in [0.717, 1.165) is 22.0 Å². The molecule has 0 amide bonds. The molecule has 3 nitrogen and oxygen atoms in total. The van der Waals surface area contributed by atoms with Crippen molar-refractivity contribution >= 4 is 27.4 Å². The fourth-order valence-corrected chi connectivity index (χ4v) is 2.31. The fraction of sp³-hybridized carbons (Fsp3) is 0.188. The summed E-state index contributed by atoms with van der Waals surface area (Å²) in [5.74, 6) is 0. The summed E-state index contributed by atoms with van der Waals surface area (Å²) < 4.78 is 5.44. The molecule has 0 aliphatic rings. The van der Waals surface area contributed by atoms with Crippen LogP contribution in [0.4, 0.5) is 5.69 Å². The molecule has 19 heavy (non-hydrogen) atoms. The minimum absolute atomic E-state index is 0.276. The van der Waals surface area contributed by atoms with Gasteiger partial charge in [-0.25, -0.2) is 4.79 Å². The quantitative estimate of drug-likeness (QED) is 0.492. The second-order valence-corrected chi connectivity index (χ2v) is 5.01. The number of hydrogen-bond donors (Lipinski definition) is 0. The molecular weight excluding hydrogens is 238 g/mol. The van der Waals surface area contributed by atoms with E-state index >= 15 is 0 Å². The topological polar surface area (TPSA) is 33.5 Å². The summed E-state index contributed by atoms with van der Waals surface area (Å²) in [5, 5.41) is 2.56. The van der Waals surface area contributed by atoms with Gasteiger partial charge >= 0.3 is 5.63 Å². The minimum atomic E-state index is -0.276. The lowest BCUT2D eigenvalue weighted by molar-refractivity contribution is 0.569. The molecule has 0 fully saturated rings. The molecule has 1 heterocycles. The average molecular weight is 253 g/mol. The number of anilines is 1. The van der Waals surface area contributed by atoms with Gasteiger partial charge in [0.05, 0.1) is 5.39 Å². The second-order valence-electron chi connectivity index (χ2n) is 5.01. The van der Waals surface area contributed by atoms with Crippen LogP contribution in [-0.4, -0.2) is 14.1 Å². The highest BCUT2D eigenvalue weighted by molar-refractivity contribution is 6.05. The Labute approximate surface area is 111 Å². The molecular formula is C16H15NO2.